The summed E-state index contributed by atoms with van der Waals surface area (Å²) in [5.74, 6) is -1.29. The van der Waals surface area contributed by atoms with Crippen molar-refractivity contribution in [1.82, 2.24) is 4.90 Å². The third kappa shape index (κ3) is 3.88. The fraction of sp³-hybridized carbons (Fsp3) is 0.150. The Morgan fingerprint density at radius 3 is 1.69 bits per heavy atom. The summed E-state index contributed by atoms with van der Waals surface area (Å²) in [6.07, 6.45) is 2.90. The molecule has 3 rings (SSSR count). The zero-order valence-electron chi connectivity index (χ0n) is 13.9. The highest BCUT2D eigenvalue weighted by Gasteiger charge is 2.25. The van der Waals surface area contributed by atoms with Gasteiger partial charge in [-0.3, -0.25) is 9.69 Å². The van der Waals surface area contributed by atoms with Crippen LogP contribution in [0, 0.1) is 11.6 Å². The molecule has 2 aromatic rings. The van der Waals surface area contributed by atoms with Crippen LogP contribution in [-0.4, -0.2) is 30.8 Å². The molecule has 26 heavy (non-hydrogen) atoms. The molecule has 0 amide bonds. The lowest BCUT2D eigenvalue weighted by molar-refractivity contribution is -0.113. The Hall–Kier alpha value is -2.01. The minimum atomic E-state index is -0.506. The van der Waals surface area contributed by atoms with E-state index in [9.17, 15) is 13.6 Å². The molecule has 0 radical (unpaired) electrons. The van der Waals surface area contributed by atoms with Gasteiger partial charge in [0.2, 0.25) is 0 Å². The summed E-state index contributed by atoms with van der Waals surface area (Å²) in [6.45, 7) is 0.678. The Bertz CT molecular complexity index is 823. The summed E-state index contributed by atoms with van der Waals surface area (Å²) < 4.78 is 28.1. The molecule has 0 aromatic heterocycles. The van der Waals surface area contributed by atoms with Crippen LogP contribution in [-0.2, 0) is 4.79 Å². The molecule has 1 aliphatic rings. The second kappa shape index (κ2) is 7.70. The van der Waals surface area contributed by atoms with E-state index < -0.39 is 11.6 Å². The molecule has 0 unspecified atom stereocenters. The number of ketones is 1. The second-order valence-electron chi connectivity index (χ2n) is 6.11. The summed E-state index contributed by atoms with van der Waals surface area (Å²) in [6, 6.07) is 8.68. The Labute approximate surface area is 160 Å². The number of likely N-dealkylation sites (tertiary alicyclic amines) is 1. The molecule has 1 fully saturated rings. The standard InChI is InChI=1S/C20H15Cl2F2NO/c1-25-10-12(8-14-16(21)4-2-6-18(14)23)20(26)13(11-25)9-15-17(22)5-3-7-19(15)24/h2-9H,10-11H2,1H3. The van der Waals surface area contributed by atoms with Crippen LogP contribution >= 0.6 is 23.2 Å². The van der Waals surface area contributed by atoms with Crippen LogP contribution < -0.4 is 0 Å². The normalized spacial score (nSPS) is 18.7. The maximum absolute atomic E-state index is 14.0. The first-order chi connectivity index (χ1) is 12.4. The van der Waals surface area contributed by atoms with Gasteiger partial charge in [0.05, 0.1) is 10.0 Å². The summed E-state index contributed by atoms with van der Waals surface area (Å²) >= 11 is 12.1. The maximum Gasteiger partial charge on any atom is 0.187 e. The number of hydrogen-bond donors (Lipinski definition) is 0. The van der Waals surface area contributed by atoms with Gasteiger partial charge in [-0.2, -0.15) is 0 Å². The van der Waals surface area contributed by atoms with Crippen molar-refractivity contribution in [3.63, 3.8) is 0 Å². The lowest BCUT2D eigenvalue weighted by Crippen LogP contribution is -2.34. The smallest absolute Gasteiger partial charge is 0.187 e. The quantitative estimate of drug-likeness (QED) is 0.649. The van der Waals surface area contributed by atoms with E-state index in [1.807, 2.05) is 11.9 Å². The first-order valence-corrected chi connectivity index (χ1v) is 8.65. The molecule has 134 valence electrons. The third-order valence-corrected chi connectivity index (χ3v) is 4.76. The Morgan fingerprint density at radius 2 is 1.31 bits per heavy atom. The van der Waals surface area contributed by atoms with Crippen molar-refractivity contribution in [2.45, 2.75) is 0 Å². The molecule has 1 saturated heterocycles. The third-order valence-electron chi connectivity index (χ3n) is 4.10. The van der Waals surface area contributed by atoms with Crippen LogP contribution in [0.5, 0.6) is 0 Å². The molecule has 6 heteroatoms. The first-order valence-electron chi connectivity index (χ1n) is 7.89. The van der Waals surface area contributed by atoms with E-state index >= 15 is 0 Å². The predicted molar refractivity (Wildman–Crippen MR) is 101 cm³/mol. The van der Waals surface area contributed by atoms with E-state index in [4.69, 9.17) is 23.2 Å². The molecular formula is C20H15Cl2F2NO. The average Bonchev–Trinajstić information content (AvgIpc) is 2.58. The molecule has 2 nitrogen and oxygen atoms in total. The average molecular weight is 394 g/mol. The summed E-state index contributed by atoms with van der Waals surface area (Å²) in [7, 11) is 1.82. The monoisotopic (exact) mass is 393 g/mol. The van der Waals surface area contributed by atoms with Crippen molar-refractivity contribution in [3.8, 4) is 0 Å². The molecule has 0 N–H and O–H groups in total. The molecule has 1 aliphatic heterocycles. The highest BCUT2D eigenvalue weighted by Crippen LogP contribution is 2.28. The van der Waals surface area contributed by atoms with Crippen molar-refractivity contribution in [2.24, 2.45) is 0 Å². The number of carbonyl (C=O) groups excluding carboxylic acids is 1. The van der Waals surface area contributed by atoms with Crippen molar-refractivity contribution >= 4 is 41.1 Å². The van der Waals surface area contributed by atoms with Crippen LogP contribution in [0.1, 0.15) is 11.1 Å². The van der Waals surface area contributed by atoms with Crippen LogP contribution in [0.4, 0.5) is 8.78 Å². The van der Waals surface area contributed by atoms with E-state index in [2.05, 4.69) is 0 Å². The number of rotatable bonds is 2. The Morgan fingerprint density at radius 1 is 0.885 bits per heavy atom. The number of benzene rings is 2. The van der Waals surface area contributed by atoms with Gasteiger partial charge in [-0.15, -0.1) is 0 Å². The number of hydrogen-bond acceptors (Lipinski definition) is 2. The van der Waals surface area contributed by atoms with Gasteiger partial charge < -0.3 is 0 Å². The van der Waals surface area contributed by atoms with Gasteiger partial charge in [-0.05, 0) is 43.5 Å². The molecule has 0 spiro atoms. The molecular weight excluding hydrogens is 379 g/mol. The molecule has 0 saturated carbocycles. The molecule has 2 aromatic carbocycles. The van der Waals surface area contributed by atoms with Gasteiger partial charge >= 0.3 is 0 Å². The molecule has 0 aliphatic carbocycles. The highest BCUT2D eigenvalue weighted by atomic mass is 35.5. The topological polar surface area (TPSA) is 20.3 Å². The maximum atomic E-state index is 14.0. The molecule has 1 heterocycles. The van der Waals surface area contributed by atoms with Crippen LogP contribution in [0.2, 0.25) is 10.0 Å². The van der Waals surface area contributed by atoms with E-state index in [1.165, 1.54) is 36.4 Å². The SMILES string of the molecule is CN1CC(=Cc2c(F)cccc2Cl)C(=O)C(=Cc2c(F)cccc2Cl)C1. The summed E-state index contributed by atoms with van der Waals surface area (Å²) in [5, 5.41) is 0.447. The minimum Gasteiger partial charge on any atom is -0.298 e. The second-order valence-corrected chi connectivity index (χ2v) is 6.93. The first kappa shape index (κ1) is 18.8. The predicted octanol–water partition coefficient (Wildman–Crippen LogP) is 5.25. The van der Waals surface area contributed by atoms with Gasteiger partial charge in [0.1, 0.15) is 11.6 Å². The number of nitrogens with zero attached hydrogens (tertiary/aromatic N) is 1. The highest BCUT2D eigenvalue weighted by molar-refractivity contribution is 6.33. The number of halogens is 4. The number of likely N-dealkylation sites (N-methyl/N-ethyl adjacent to an activating group) is 1. The van der Waals surface area contributed by atoms with E-state index in [0.717, 1.165) is 0 Å². The zero-order chi connectivity index (χ0) is 18.8. The van der Waals surface area contributed by atoms with Gasteiger partial charge in [-0.25, -0.2) is 8.78 Å². The van der Waals surface area contributed by atoms with Crippen molar-refractivity contribution < 1.29 is 13.6 Å². The minimum absolute atomic E-state index is 0.163. The van der Waals surface area contributed by atoms with Crippen molar-refractivity contribution in [3.05, 3.63) is 80.4 Å². The zero-order valence-corrected chi connectivity index (χ0v) is 15.4. The van der Waals surface area contributed by atoms with Crippen molar-refractivity contribution in [2.75, 3.05) is 20.1 Å². The number of Topliss-reactive ketones (excluding diaryl/α,β-unsaturated/α-hetero) is 1. The largest absolute Gasteiger partial charge is 0.298 e. The van der Waals surface area contributed by atoms with Crippen LogP contribution in [0.15, 0.2) is 47.5 Å². The fourth-order valence-electron chi connectivity index (χ4n) is 2.86. The van der Waals surface area contributed by atoms with Gasteiger partial charge in [0.15, 0.2) is 5.78 Å². The van der Waals surface area contributed by atoms with Crippen molar-refractivity contribution in [1.29, 1.82) is 0 Å². The molecule has 0 atom stereocenters. The lowest BCUT2D eigenvalue weighted by atomic mass is 9.94. The Balaban J connectivity index is 2.04. The summed E-state index contributed by atoms with van der Waals surface area (Å²) in [4.78, 5) is 14.7. The van der Waals surface area contributed by atoms with Crippen LogP contribution in [0.3, 0.4) is 0 Å². The van der Waals surface area contributed by atoms with E-state index in [-0.39, 0.29) is 27.0 Å². The number of piperidine rings is 1. The van der Waals surface area contributed by atoms with E-state index in [0.29, 0.717) is 24.2 Å². The number of carbonyl (C=O) groups is 1. The van der Waals surface area contributed by atoms with Crippen LogP contribution in [0.25, 0.3) is 12.2 Å². The van der Waals surface area contributed by atoms with Gasteiger partial charge in [-0.1, -0.05) is 35.3 Å². The van der Waals surface area contributed by atoms with Gasteiger partial charge in [0.25, 0.3) is 0 Å². The molecule has 0 bridgehead atoms. The lowest BCUT2D eigenvalue weighted by Gasteiger charge is -2.26. The van der Waals surface area contributed by atoms with E-state index in [1.54, 1.807) is 12.1 Å². The Kier molecular flexibility index (Phi) is 5.56. The fourth-order valence-corrected chi connectivity index (χ4v) is 3.29. The van der Waals surface area contributed by atoms with Gasteiger partial charge in [0, 0.05) is 35.4 Å². The summed E-state index contributed by atoms with van der Waals surface area (Å²) in [5.41, 5.74) is 1.08.